The van der Waals surface area contributed by atoms with Gasteiger partial charge in [-0.05, 0) is 56.8 Å². The first-order valence-electron chi connectivity index (χ1n) is 6.76. The summed E-state index contributed by atoms with van der Waals surface area (Å²) in [6.45, 7) is 7.44. The Bertz CT molecular complexity index is 241. The Morgan fingerprint density at radius 2 is 2.12 bits per heavy atom. The van der Waals surface area contributed by atoms with Crippen LogP contribution in [0.3, 0.4) is 0 Å². The minimum absolute atomic E-state index is 0.185. The number of ether oxygens (including phenoxy) is 1. The molecule has 1 aliphatic heterocycles. The first kappa shape index (κ1) is 12.4. The zero-order valence-electron chi connectivity index (χ0n) is 11.0. The Kier molecular flexibility index (Phi) is 3.33. The van der Waals surface area contributed by atoms with Crippen molar-refractivity contribution < 1.29 is 9.84 Å². The highest BCUT2D eigenvalue weighted by molar-refractivity contribution is 4.97. The largest absolute Gasteiger partial charge is 0.393 e. The van der Waals surface area contributed by atoms with Crippen molar-refractivity contribution in [1.29, 1.82) is 0 Å². The molecule has 1 aliphatic carbocycles. The maximum Gasteiger partial charge on any atom is 0.0685 e. The molecule has 2 unspecified atom stereocenters. The van der Waals surface area contributed by atoms with E-state index in [1.165, 1.54) is 32.1 Å². The lowest BCUT2D eigenvalue weighted by atomic mass is 9.63. The minimum Gasteiger partial charge on any atom is -0.393 e. The third-order valence-corrected chi connectivity index (χ3v) is 4.68. The summed E-state index contributed by atoms with van der Waals surface area (Å²) in [5.41, 5.74) is 0.486. The van der Waals surface area contributed by atoms with Gasteiger partial charge in [0.15, 0.2) is 0 Å². The fourth-order valence-electron chi connectivity index (χ4n) is 3.54. The first-order valence-corrected chi connectivity index (χ1v) is 6.76. The van der Waals surface area contributed by atoms with Gasteiger partial charge in [-0.25, -0.2) is 0 Å². The fourth-order valence-corrected chi connectivity index (χ4v) is 3.54. The standard InChI is InChI=1S/C14H26O2/c1-11(15)9-13(2,3)12-5-8-16-14(10-12)6-4-7-14/h11-12,15H,4-10H2,1-3H3. The smallest absolute Gasteiger partial charge is 0.0685 e. The van der Waals surface area contributed by atoms with Crippen LogP contribution in [0.4, 0.5) is 0 Å². The fraction of sp³-hybridized carbons (Fsp3) is 1.00. The van der Waals surface area contributed by atoms with Crippen molar-refractivity contribution in [3.05, 3.63) is 0 Å². The van der Waals surface area contributed by atoms with Crippen LogP contribution in [0.1, 0.15) is 59.3 Å². The molecule has 0 bridgehead atoms. The highest BCUT2D eigenvalue weighted by atomic mass is 16.5. The van der Waals surface area contributed by atoms with Gasteiger partial charge in [0.1, 0.15) is 0 Å². The van der Waals surface area contributed by atoms with Gasteiger partial charge >= 0.3 is 0 Å². The van der Waals surface area contributed by atoms with Gasteiger partial charge in [0, 0.05) is 6.61 Å². The van der Waals surface area contributed by atoms with Gasteiger partial charge < -0.3 is 9.84 Å². The van der Waals surface area contributed by atoms with E-state index >= 15 is 0 Å². The third kappa shape index (κ3) is 2.43. The molecule has 1 heterocycles. The van der Waals surface area contributed by atoms with E-state index < -0.39 is 0 Å². The molecule has 2 atom stereocenters. The Balaban J connectivity index is 1.97. The average molecular weight is 226 g/mol. The van der Waals surface area contributed by atoms with Crippen LogP contribution in [0, 0.1) is 11.3 Å². The summed E-state index contributed by atoms with van der Waals surface area (Å²) in [7, 11) is 0. The second kappa shape index (κ2) is 4.30. The van der Waals surface area contributed by atoms with Crippen molar-refractivity contribution >= 4 is 0 Å². The molecule has 0 amide bonds. The SMILES string of the molecule is CC(O)CC(C)(C)C1CCOC2(CCC2)C1. The zero-order chi connectivity index (χ0) is 11.8. The lowest BCUT2D eigenvalue weighted by Gasteiger charge is -2.51. The van der Waals surface area contributed by atoms with Crippen LogP contribution in [0.15, 0.2) is 0 Å². The first-order chi connectivity index (χ1) is 7.44. The summed E-state index contributed by atoms with van der Waals surface area (Å²) < 4.78 is 5.97. The molecule has 0 aromatic carbocycles. The summed E-state index contributed by atoms with van der Waals surface area (Å²) in [5, 5.41) is 9.59. The normalized spacial score (nSPS) is 31.1. The van der Waals surface area contributed by atoms with Crippen LogP contribution >= 0.6 is 0 Å². The van der Waals surface area contributed by atoms with Crippen molar-refractivity contribution in [3.8, 4) is 0 Å². The number of hydrogen-bond acceptors (Lipinski definition) is 2. The second-order valence-electron chi connectivity index (χ2n) is 6.62. The molecule has 0 radical (unpaired) electrons. The molecule has 0 aromatic rings. The molecule has 0 aromatic heterocycles. The van der Waals surface area contributed by atoms with Crippen molar-refractivity contribution in [2.24, 2.45) is 11.3 Å². The van der Waals surface area contributed by atoms with Crippen LogP contribution in [-0.2, 0) is 4.74 Å². The van der Waals surface area contributed by atoms with E-state index in [2.05, 4.69) is 13.8 Å². The van der Waals surface area contributed by atoms with Crippen LogP contribution in [-0.4, -0.2) is 23.4 Å². The molecule has 2 fully saturated rings. The predicted octanol–water partition coefficient (Wildman–Crippen LogP) is 3.13. The zero-order valence-corrected chi connectivity index (χ0v) is 11.0. The molecule has 2 rings (SSSR count). The van der Waals surface area contributed by atoms with Gasteiger partial charge in [-0.1, -0.05) is 13.8 Å². The van der Waals surface area contributed by atoms with Gasteiger partial charge in [0.25, 0.3) is 0 Å². The van der Waals surface area contributed by atoms with Crippen molar-refractivity contribution in [2.75, 3.05) is 6.61 Å². The molecule has 2 heteroatoms. The third-order valence-electron chi connectivity index (χ3n) is 4.68. The molecular formula is C14H26O2. The number of aliphatic hydroxyl groups excluding tert-OH is 1. The highest BCUT2D eigenvalue weighted by Crippen LogP contribution is 2.49. The van der Waals surface area contributed by atoms with E-state index in [-0.39, 0.29) is 17.1 Å². The minimum atomic E-state index is -0.185. The van der Waals surface area contributed by atoms with Crippen molar-refractivity contribution in [3.63, 3.8) is 0 Å². The molecule has 1 saturated heterocycles. The van der Waals surface area contributed by atoms with Crippen molar-refractivity contribution in [1.82, 2.24) is 0 Å². The summed E-state index contributed by atoms with van der Waals surface area (Å²) in [5.74, 6) is 0.719. The Morgan fingerprint density at radius 1 is 1.44 bits per heavy atom. The second-order valence-corrected chi connectivity index (χ2v) is 6.62. The Hall–Kier alpha value is -0.0800. The predicted molar refractivity (Wildman–Crippen MR) is 65.3 cm³/mol. The molecule has 1 spiro atoms. The van der Waals surface area contributed by atoms with Gasteiger partial charge in [0.2, 0.25) is 0 Å². The maximum atomic E-state index is 9.59. The maximum absolute atomic E-state index is 9.59. The quantitative estimate of drug-likeness (QED) is 0.801. The topological polar surface area (TPSA) is 29.5 Å². The summed E-state index contributed by atoms with van der Waals surface area (Å²) in [4.78, 5) is 0. The highest BCUT2D eigenvalue weighted by Gasteiger charge is 2.46. The van der Waals surface area contributed by atoms with E-state index in [1.807, 2.05) is 6.92 Å². The Morgan fingerprint density at radius 3 is 2.62 bits per heavy atom. The summed E-state index contributed by atoms with van der Waals surface area (Å²) in [6.07, 6.45) is 6.96. The van der Waals surface area contributed by atoms with Crippen LogP contribution in [0.2, 0.25) is 0 Å². The number of hydrogen-bond donors (Lipinski definition) is 1. The van der Waals surface area contributed by atoms with Crippen LogP contribution < -0.4 is 0 Å². The monoisotopic (exact) mass is 226 g/mol. The molecule has 94 valence electrons. The molecular weight excluding hydrogens is 200 g/mol. The number of aliphatic hydroxyl groups is 1. The molecule has 16 heavy (non-hydrogen) atoms. The van der Waals surface area contributed by atoms with Gasteiger partial charge in [-0.3, -0.25) is 0 Å². The van der Waals surface area contributed by atoms with E-state index in [4.69, 9.17) is 4.74 Å². The van der Waals surface area contributed by atoms with Crippen LogP contribution in [0.25, 0.3) is 0 Å². The summed E-state index contributed by atoms with van der Waals surface area (Å²) >= 11 is 0. The lowest BCUT2D eigenvalue weighted by Crippen LogP contribution is -2.48. The molecule has 2 aliphatic rings. The van der Waals surface area contributed by atoms with E-state index in [0.29, 0.717) is 0 Å². The molecule has 1 saturated carbocycles. The average Bonchev–Trinajstić information content (AvgIpc) is 2.14. The molecule has 1 N–H and O–H groups in total. The van der Waals surface area contributed by atoms with Gasteiger partial charge in [-0.2, -0.15) is 0 Å². The molecule has 2 nitrogen and oxygen atoms in total. The van der Waals surface area contributed by atoms with Gasteiger partial charge in [-0.15, -0.1) is 0 Å². The lowest BCUT2D eigenvalue weighted by molar-refractivity contribution is -0.159. The van der Waals surface area contributed by atoms with Crippen LogP contribution in [0.5, 0.6) is 0 Å². The van der Waals surface area contributed by atoms with E-state index in [9.17, 15) is 5.11 Å². The van der Waals surface area contributed by atoms with E-state index in [1.54, 1.807) is 0 Å². The van der Waals surface area contributed by atoms with E-state index in [0.717, 1.165) is 18.9 Å². The number of rotatable bonds is 3. The van der Waals surface area contributed by atoms with Gasteiger partial charge in [0.05, 0.1) is 11.7 Å². The Labute approximate surface area is 99.4 Å². The van der Waals surface area contributed by atoms with Crippen molar-refractivity contribution in [2.45, 2.75) is 71.0 Å². The summed E-state index contributed by atoms with van der Waals surface area (Å²) in [6, 6.07) is 0.